The Labute approximate surface area is 138 Å². The number of imide groups is 1. The third kappa shape index (κ3) is 2.99. The molecule has 0 radical (unpaired) electrons. The molecule has 0 bridgehead atoms. The van der Waals surface area contributed by atoms with Gasteiger partial charge in [0, 0.05) is 43.9 Å². The van der Waals surface area contributed by atoms with Crippen molar-refractivity contribution in [2.75, 3.05) is 37.8 Å². The van der Waals surface area contributed by atoms with E-state index in [1.165, 1.54) is 12.1 Å². The molecular weight excluding hydrogens is 320 g/mol. The van der Waals surface area contributed by atoms with E-state index in [1.807, 2.05) is 4.90 Å². The van der Waals surface area contributed by atoms with E-state index in [9.17, 15) is 18.4 Å². The molecule has 2 aliphatic rings. The topological polar surface area (TPSA) is 72.9 Å². The molecule has 1 aromatic rings. The Morgan fingerprint density at radius 1 is 1.17 bits per heavy atom. The summed E-state index contributed by atoms with van der Waals surface area (Å²) in [7, 11) is 0. The van der Waals surface area contributed by atoms with Crippen LogP contribution < -0.4 is 10.2 Å². The first-order valence-electron chi connectivity index (χ1n) is 7.92. The maximum Gasteiger partial charge on any atom is 0.238 e. The second kappa shape index (κ2) is 6.82. The molecule has 6 nitrogen and oxygen atoms in total. The molecule has 24 heavy (non-hydrogen) atoms. The molecule has 0 spiro atoms. The van der Waals surface area contributed by atoms with Crippen molar-refractivity contribution in [1.82, 2.24) is 10.2 Å². The molecule has 2 heterocycles. The van der Waals surface area contributed by atoms with Crippen molar-refractivity contribution in [1.29, 1.82) is 0 Å². The van der Waals surface area contributed by atoms with Gasteiger partial charge in [-0.05, 0) is 18.6 Å². The summed E-state index contributed by atoms with van der Waals surface area (Å²) >= 11 is 0. The lowest BCUT2D eigenvalue weighted by Crippen LogP contribution is -2.45. The molecule has 2 fully saturated rings. The monoisotopic (exact) mass is 339 g/mol. The van der Waals surface area contributed by atoms with Gasteiger partial charge < -0.3 is 15.3 Å². The number of anilines is 1. The van der Waals surface area contributed by atoms with Gasteiger partial charge in [0.05, 0.1) is 5.92 Å². The fraction of sp³-hybridized carbons (Fsp3) is 0.500. The van der Waals surface area contributed by atoms with Crippen LogP contribution in [0, 0.1) is 11.6 Å². The Bertz CT molecular complexity index is 639. The number of aliphatic hydroxyl groups excluding tert-OH is 1. The Kier molecular flexibility index (Phi) is 4.77. The van der Waals surface area contributed by atoms with Crippen LogP contribution in [0.5, 0.6) is 0 Å². The highest BCUT2D eigenvalue weighted by Crippen LogP contribution is 2.34. The van der Waals surface area contributed by atoms with Gasteiger partial charge in [0.1, 0.15) is 18.4 Å². The highest BCUT2D eigenvalue weighted by atomic mass is 19.1. The summed E-state index contributed by atoms with van der Waals surface area (Å²) in [6.45, 7) is 1.98. The fourth-order valence-corrected chi connectivity index (χ4v) is 3.26. The first-order chi connectivity index (χ1) is 11.5. The lowest BCUT2D eigenvalue weighted by Gasteiger charge is -2.31. The number of hydrogen-bond donors (Lipinski definition) is 2. The van der Waals surface area contributed by atoms with Gasteiger partial charge in [0.15, 0.2) is 0 Å². The first-order valence-corrected chi connectivity index (χ1v) is 7.92. The maximum atomic E-state index is 14.6. The zero-order valence-corrected chi connectivity index (χ0v) is 13.1. The number of halogens is 2. The summed E-state index contributed by atoms with van der Waals surface area (Å²) in [4.78, 5) is 26.3. The zero-order chi connectivity index (χ0) is 17.3. The van der Waals surface area contributed by atoms with Crippen molar-refractivity contribution >= 4 is 17.5 Å². The van der Waals surface area contributed by atoms with Crippen LogP contribution in [0.1, 0.15) is 24.3 Å². The lowest BCUT2D eigenvalue weighted by atomic mass is 9.88. The number of carbonyl (C=O) groups is 2. The number of carbonyl (C=O) groups excluding carboxylic acids is 2. The van der Waals surface area contributed by atoms with Crippen molar-refractivity contribution in [2.24, 2.45) is 0 Å². The SMILES string of the molecule is O=C1CCC(c2c(F)cc(N3CCNCC3)cc2F)C(=O)N1CO. The van der Waals surface area contributed by atoms with E-state index in [-0.39, 0.29) is 18.4 Å². The normalized spacial score (nSPS) is 22.2. The van der Waals surface area contributed by atoms with E-state index in [0.29, 0.717) is 23.7 Å². The summed E-state index contributed by atoms with van der Waals surface area (Å²) in [5.74, 6) is -3.98. The number of benzene rings is 1. The minimum absolute atomic E-state index is 0.0323. The van der Waals surface area contributed by atoms with Crippen LogP contribution in [0.4, 0.5) is 14.5 Å². The van der Waals surface area contributed by atoms with Gasteiger partial charge in [-0.1, -0.05) is 0 Å². The third-order valence-electron chi connectivity index (χ3n) is 4.55. The van der Waals surface area contributed by atoms with Crippen LogP contribution in [0.2, 0.25) is 0 Å². The standard InChI is InChI=1S/C16H19F2N3O3/c17-12-7-10(20-5-3-19-4-6-20)8-13(18)15(12)11-1-2-14(23)21(9-22)16(11)24/h7-8,11,19,22H,1-6,9H2. The molecule has 0 saturated carbocycles. The van der Waals surface area contributed by atoms with E-state index in [2.05, 4.69) is 5.32 Å². The summed E-state index contributed by atoms with van der Waals surface area (Å²) in [5.41, 5.74) is 0.110. The summed E-state index contributed by atoms with van der Waals surface area (Å²) < 4.78 is 29.1. The number of likely N-dealkylation sites (tertiary alicyclic amines) is 1. The Morgan fingerprint density at radius 3 is 2.38 bits per heavy atom. The number of aliphatic hydroxyl groups is 1. The average molecular weight is 339 g/mol. The van der Waals surface area contributed by atoms with Gasteiger partial charge in [-0.25, -0.2) is 8.78 Å². The predicted molar refractivity (Wildman–Crippen MR) is 82.4 cm³/mol. The van der Waals surface area contributed by atoms with Crippen LogP contribution >= 0.6 is 0 Å². The molecule has 130 valence electrons. The van der Waals surface area contributed by atoms with Crippen LogP contribution in [-0.4, -0.2) is 54.7 Å². The molecule has 8 heteroatoms. The van der Waals surface area contributed by atoms with Crippen LogP contribution in [0.15, 0.2) is 12.1 Å². The van der Waals surface area contributed by atoms with Crippen molar-refractivity contribution in [2.45, 2.75) is 18.8 Å². The molecular formula is C16H19F2N3O3. The van der Waals surface area contributed by atoms with Crippen LogP contribution in [0.25, 0.3) is 0 Å². The van der Waals surface area contributed by atoms with Gasteiger partial charge >= 0.3 is 0 Å². The third-order valence-corrected chi connectivity index (χ3v) is 4.55. The molecule has 2 amide bonds. The highest BCUT2D eigenvalue weighted by molar-refractivity contribution is 6.01. The Hall–Kier alpha value is -2.06. The zero-order valence-electron chi connectivity index (χ0n) is 13.1. The summed E-state index contributed by atoms with van der Waals surface area (Å²) in [6.07, 6.45) is 0.00435. The van der Waals surface area contributed by atoms with Crippen LogP contribution in [0.3, 0.4) is 0 Å². The van der Waals surface area contributed by atoms with E-state index in [1.54, 1.807) is 0 Å². The molecule has 1 unspecified atom stereocenters. The second-order valence-electron chi connectivity index (χ2n) is 5.95. The number of piperazine rings is 1. The summed E-state index contributed by atoms with van der Waals surface area (Å²) in [6, 6.07) is 2.47. The molecule has 1 atom stereocenters. The minimum atomic E-state index is -1.09. The highest BCUT2D eigenvalue weighted by Gasteiger charge is 2.38. The van der Waals surface area contributed by atoms with Crippen molar-refractivity contribution in [3.63, 3.8) is 0 Å². The number of nitrogens with zero attached hydrogens (tertiary/aromatic N) is 2. The first kappa shape index (κ1) is 16.8. The largest absolute Gasteiger partial charge is 0.376 e. The number of piperidine rings is 1. The molecule has 1 aromatic carbocycles. The van der Waals surface area contributed by atoms with Gasteiger partial charge in [0.2, 0.25) is 11.8 Å². The van der Waals surface area contributed by atoms with Gasteiger partial charge in [-0.3, -0.25) is 14.5 Å². The van der Waals surface area contributed by atoms with Crippen LogP contribution in [-0.2, 0) is 9.59 Å². The van der Waals surface area contributed by atoms with Crippen molar-refractivity contribution in [3.8, 4) is 0 Å². The minimum Gasteiger partial charge on any atom is -0.376 e. The predicted octanol–water partition coefficient (Wildman–Crippen LogP) is 0.557. The van der Waals surface area contributed by atoms with E-state index in [0.717, 1.165) is 13.1 Å². The van der Waals surface area contributed by atoms with Crippen molar-refractivity contribution < 1.29 is 23.5 Å². The lowest BCUT2D eigenvalue weighted by molar-refractivity contribution is -0.153. The fourth-order valence-electron chi connectivity index (χ4n) is 3.26. The average Bonchev–Trinajstić information content (AvgIpc) is 2.57. The smallest absolute Gasteiger partial charge is 0.238 e. The molecule has 2 saturated heterocycles. The second-order valence-corrected chi connectivity index (χ2v) is 5.95. The Balaban J connectivity index is 1.91. The van der Waals surface area contributed by atoms with E-state index in [4.69, 9.17) is 5.11 Å². The van der Waals surface area contributed by atoms with Gasteiger partial charge in [-0.15, -0.1) is 0 Å². The molecule has 2 aliphatic heterocycles. The molecule has 0 aromatic heterocycles. The molecule has 2 N–H and O–H groups in total. The number of rotatable bonds is 3. The molecule has 3 rings (SSSR count). The number of amides is 2. The number of hydrogen-bond acceptors (Lipinski definition) is 5. The van der Waals surface area contributed by atoms with E-state index < -0.39 is 36.1 Å². The number of nitrogens with one attached hydrogen (secondary N) is 1. The molecule has 0 aliphatic carbocycles. The van der Waals surface area contributed by atoms with E-state index >= 15 is 0 Å². The van der Waals surface area contributed by atoms with Gasteiger partial charge in [0.25, 0.3) is 0 Å². The van der Waals surface area contributed by atoms with Gasteiger partial charge in [-0.2, -0.15) is 0 Å². The summed E-state index contributed by atoms with van der Waals surface area (Å²) in [5, 5.41) is 12.3. The van der Waals surface area contributed by atoms with Crippen molar-refractivity contribution in [3.05, 3.63) is 29.3 Å². The quantitative estimate of drug-likeness (QED) is 0.787. The maximum absolute atomic E-state index is 14.6. The Morgan fingerprint density at radius 2 is 1.79 bits per heavy atom.